The second-order valence-corrected chi connectivity index (χ2v) is 8.02. The molecule has 0 radical (unpaired) electrons. The third-order valence-electron chi connectivity index (χ3n) is 5.43. The average molecular weight is 439 g/mol. The Morgan fingerprint density at radius 1 is 0.767 bits per heavy atom. The van der Waals surface area contributed by atoms with Crippen LogP contribution in [-0.4, -0.2) is 17.9 Å². The van der Waals surface area contributed by atoms with Gasteiger partial charge in [0.1, 0.15) is 5.92 Å². The molecule has 3 aromatic carbocycles. The highest BCUT2D eigenvalue weighted by atomic mass is 35.5. The van der Waals surface area contributed by atoms with Gasteiger partial charge in [0.15, 0.2) is 6.10 Å². The van der Waals surface area contributed by atoms with Crippen molar-refractivity contribution in [3.05, 3.63) is 94.5 Å². The van der Waals surface area contributed by atoms with Gasteiger partial charge in [0.2, 0.25) is 5.91 Å². The number of benzene rings is 3. The van der Waals surface area contributed by atoms with E-state index in [0.717, 1.165) is 16.2 Å². The standard InChI is InChI=1S/C23H16Cl2N2O3/c24-15-12-10-14(11-13-15)20-19-21(30-27(20)16-6-2-1-3-7-16)23(29)26(22(19)28)18-9-5-4-8-17(18)25/h1-13,19-21H/t19-,20-,21+/m0/s1. The summed E-state index contributed by atoms with van der Waals surface area (Å²) in [5, 5.41) is 2.58. The summed E-state index contributed by atoms with van der Waals surface area (Å²) >= 11 is 12.3. The van der Waals surface area contributed by atoms with Crippen molar-refractivity contribution in [1.29, 1.82) is 0 Å². The maximum Gasteiger partial charge on any atom is 0.266 e. The molecule has 3 atom stereocenters. The first-order valence-electron chi connectivity index (χ1n) is 9.45. The van der Waals surface area contributed by atoms with Gasteiger partial charge in [0.25, 0.3) is 5.91 Å². The number of hydrogen-bond donors (Lipinski definition) is 0. The van der Waals surface area contributed by atoms with Gasteiger partial charge in [0.05, 0.1) is 22.4 Å². The minimum absolute atomic E-state index is 0.335. The molecule has 0 unspecified atom stereocenters. The number of hydrogen-bond acceptors (Lipinski definition) is 4. The molecule has 2 amide bonds. The minimum Gasteiger partial charge on any atom is -0.273 e. The normalized spacial score (nSPS) is 23.2. The Balaban J connectivity index is 1.60. The summed E-state index contributed by atoms with van der Waals surface area (Å²) in [6.07, 6.45) is -0.936. The SMILES string of the molecule is O=C1[C@@H]2[C@@H](ON(c3ccccc3)[C@H]2c2ccc(Cl)cc2)C(=O)N1c1ccccc1Cl. The van der Waals surface area contributed by atoms with Crippen molar-refractivity contribution in [3.63, 3.8) is 0 Å². The number of halogens is 2. The molecule has 5 nitrogen and oxygen atoms in total. The van der Waals surface area contributed by atoms with Crippen molar-refractivity contribution in [1.82, 2.24) is 0 Å². The van der Waals surface area contributed by atoms with Gasteiger partial charge in [-0.05, 0) is 42.0 Å². The van der Waals surface area contributed by atoms with E-state index < -0.39 is 24.0 Å². The highest BCUT2D eigenvalue weighted by Crippen LogP contribution is 2.48. The molecule has 5 rings (SSSR count). The summed E-state index contributed by atoms with van der Waals surface area (Å²) < 4.78 is 0. The molecule has 0 aliphatic carbocycles. The number of amides is 2. The first kappa shape index (κ1) is 19.1. The van der Waals surface area contributed by atoms with Gasteiger partial charge >= 0.3 is 0 Å². The van der Waals surface area contributed by atoms with Crippen molar-refractivity contribution in [2.24, 2.45) is 5.92 Å². The van der Waals surface area contributed by atoms with E-state index in [9.17, 15) is 9.59 Å². The van der Waals surface area contributed by atoms with Crippen LogP contribution in [0.25, 0.3) is 0 Å². The van der Waals surface area contributed by atoms with Gasteiger partial charge in [-0.3, -0.25) is 14.4 Å². The van der Waals surface area contributed by atoms with E-state index in [1.54, 1.807) is 41.5 Å². The lowest BCUT2D eigenvalue weighted by molar-refractivity contribution is -0.126. The molecule has 2 fully saturated rings. The Morgan fingerprint density at radius 2 is 1.43 bits per heavy atom. The average Bonchev–Trinajstić information content (AvgIpc) is 3.26. The smallest absolute Gasteiger partial charge is 0.266 e. The lowest BCUT2D eigenvalue weighted by Crippen LogP contribution is -2.37. The molecule has 7 heteroatoms. The van der Waals surface area contributed by atoms with Crippen LogP contribution in [0, 0.1) is 5.92 Å². The van der Waals surface area contributed by atoms with Crippen molar-refractivity contribution in [3.8, 4) is 0 Å². The number of rotatable bonds is 3. The van der Waals surface area contributed by atoms with Gasteiger partial charge in [-0.1, -0.05) is 65.7 Å². The van der Waals surface area contributed by atoms with Crippen molar-refractivity contribution in [2.75, 3.05) is 9.96 Å². The summed E-state index contributed by atoms with van der Waals surface area (Å²) in [5.41, 5.74) is 1.96. The number of carbonyl (C=O) groups is 2. The molecule has 2 aliphatic rings. The third kappa shape index (κ3) is 2.98. The Bertz CT molecular complexity index is 1120. The number of hydroxylamine groups is 1. The van der Waals surface area contributed by atoms with E-state index in [1.165, 1.54) is 0 Å². The predicted octanol–water partition coefficient (Wildman–Crippen LogP) is 5.04. The molecule has 0 N–H and O–H groups in total. The largest absolute Gasteiger partial charge is 0.273 e. The molecular formula is C23H16Cl2N2O3. The number of nitrogens with zero attached hydrogens (tertiary/aromatic N) is 2. The van der Waals surface area contributed by atoms with Crippen LogP contribution in [0.15, 0.2) is 78.9 Å². The molecule has 30 heavy (non-hydrogen) atoms. The molecule has 0 saturated carbocycles. The summed E-state index contributed by atoms with van der Waals surface area (Å²) in [7, 11) is 0. The quantitative estimate of drug-likeness (QED) is 0.537. The molecule has 2 heterocycles. The van der Waals surface area contributed by atoms with E-state index in [2.05, 4.69) is 0 Å². The third-order valence-corrected chi connectivity index (χ3v) is 6.00. The predicted molar refractivity (Wildman–Crippen MR) is 115 cm³/mol. The van der Waals surface area contributed by atoms with E-state index in [4.69, 9.17) is 28.0 Å². The molecule has 0 spiro atoms. The summed E-state index contributed by atoms with van der Waals surface area (Å²) in [4.78, 5) is 34.0. The van der Waals surface area contributed by atoms with Crippen LogP contribution in [0.2, 0.25) is 10.0 Å². The monoisotopic (exact) mass is 438 g/mol. The summed E-state index contributed by atoms with van der Waals surface area (Å²) in [6.45, 7) is 0. The van der Waals surface area contributed by atoms with E-state index in [0.29, 0.717) is 15.7 Å². The van der Waals surface area contributed by atoms with Crippen LogP contribution in [-0.2, 0) is 14.4 Å². The van der Waals surface area contributed by atoms with Gasteiger partial charge in [0, 0.05) is 5.02 Å². The Hall–Kier alpha value is -2.86. The number of carbonyl (C=O) groups excluding carboxylic acids is 2. The molecule has 2 aliphatic heterocycles. The summed E-state index contributed by atoms with van der Waals surface area (Å²) in [6, 6.07) is 23.0. The highest BCUT2D eigenvalue weighted by Gasteiger charge is 2.60. The van der Waals surface area contributed by atoms with Gasteiger partial charge in [-0.15, -0.1) is 0 Å². The topological polar surface area (TPSA) is 49.9 Å². The molecule has 3 aromatic rings. The maximum absolute atomic E-state index is 13.5. The first-order valence-corrected chi connectivity index (χ1v) is 10.2. The second-order valence-electron chi connectivity index (χ2n) is 7.17. The lowest BCUT2D eigenvalue weighted by Gasteiger charge is -2.29. The maximum atomic E-state index is 13.5. The van der Waals surface area contributed by atoms with Crippen LogP contribution in [0.3, 0.4) is 0 Å². The van der Waals surface area contributed by atoms with Gasteiger partial charge in [-0.2, -0.15) is 0 Å². The Morgan fingerprint density at radius 3 is 2.13 bits per heavy atom. The Kier molecular flexibility index (Phi) is 4.74. The van der Waals surface area contributed by atoms with Crippen LogP contribution < -0.4 is 9.96 Å². The number of fused-ring (bicyclic) bond motifs is 1. The fraction of sp³-hybridized carbons (Fsp3) is 0.130. The summed E-state index contributed by atoms with van der Waals surface area (Å²) in [5.74, 6) is -1.47. The fourth-order valence-electron chi connectivity index (χ4n) is 4.08. The van der Waals surface area contributed by atoms with Crippen LogP contribution in [0.5, 0.6) is 0 Å². The first-order chi connectivity index (χ1) is 14.6. The molecule has 0 bridgehead atoms. The zero-order valence-corrected chi connectivity index (χ0v) is 17.1. The second kappa shape index (κ2) is 7.43. The van der Waals surface area contributed by atoms with E-state index >= 15 is 0 Å². The van der Waals surface area contributed by atoms with Crippen molar-refractivity contribution >= 4 is 46.4 Å². The Labute approximate surface area is 183 Å². The molecular weight excluding hydrogens is 423 g/mol. The van der Waals surface area contributed by atoms with Gasteiger partial charge < -0.3 is 0 Å². The zero-order chi connectivity index (χ0) is 20.8. The van der Waals surface area contributed by atoms with Crippen molar-refractivity contribution in [2.45, 2.75) is 12.1 Å². The minimum atomic E-state index is -0.936. The van der Waals surface area contributed by atoms with E-state index in [1.807, 2.05) is 42.5 Å². The van der Waals surface area contributed by atoms with Crippen LogP contribution in [0.1, 0.15) is 11.6 Å². The van der Waals surface area contributed by atoms with Gasteiger partial charge in [-0.25, -0.2) is 9.96 Å². The molecule has 0 aromatic heterocycles. The van der Waals surface area contributed by atoms with Crippen molar-refractivity contribution < 1.29 is 14.4 Å². The molecule has 150 valence electrons. The zero-order valence-electron chi connectivity index (χ0n) is 15.6. The number of para-hydroxylation sites is 2. The van der Waals surface area contributed by atoms with Crippen LogP contribution >= 0.6 is 23.2 Å². The van der Waals surface area contributed by atoms with E-state index in [-0.39, 0.29) is 5.91 Å². The number of imide groups is 1. The van der Waals surface area contributed by atoms with Crippen LogP contribution in [0.4, 0.5) is 11.4 Å². The lowest BCUT2D eigenvalue weighted by atomic mass is 9.90. The highest BCUT2D eigenvalue weighted by molar-refractivity contribution is 6.36. The molecule has 2 saturated heterocycles. The fourth-order valence-corrected chi connectivity index (χ4v) is 4.43. The number of anilines is 2.